The van der Waals surface area contributed by atoms with E-state index in [2.05, 4.69) is 21.7 Å². The van der Waals surface area contributed by atoms with E-state index in [9.17, 15) is 9.59 Å². The van der Waals surface area contributed by atoms with E-state index in [-0.39, 0.29) is 17.7 Å². The molecule has 1 unspecified atom stereocenters. The first-order valence-electron chi connectivity index (χ1n) is 7.23. The van der Waals surface area contributed by atoms with Crippen LogP contribution in [0.4, 0.5) is 0 Å². The highest BCUT2D eigenvalue weighted by molar-refractivity contribution is 5.83. The first-order valence-corrected chi connectivity index (χ1v) is 7.23. The molecule has 5 heteroatoms. The maximum Gasteiger partial charge on any atom is 0.225 e. The smallest absolute Gasteiger partial charge is 0.225 e. The highest BCUT2D eigenvalue weighted by atomic mass is 16.2. The van der Waals surface area contributed by atoms with Crippen molar-refractivity contribution in [3.63, 3.8) is 0 Å². The van der Waals surface area contributed by atoms with Gasteiger partial charge in [-0.15, -0.1) is 0 Å². The van der Waals surface area contributed by atoms with Gasteiger partial charge in [0.2, 0.25) is 11.8 Å². The van der Waals surface area contributed by atoms with Gasteiger partial charge in [-0.2, -0.15) is 0 Å². The number of rotatable bonds is 3. The third-order valence-corrected chi connectivity index (χ3v) is 4.08. The minimum absolute atomic E-state index is 0.0190. The molecule has 1 atom stereocenters. The zero-order valence-electron chi connectivity index (χ0n) is 11.4. The molecule has 1 aliphatic carbocycles. The fourth-order valence-electron chi connectivity index (χ4n) is 2.86. The number of nitrogens with one attached hydrogen (secondary N) is 2. The van der Waals surface area contributed by atoms with Crippen molar-refractivity contribution in [2.45, 2.75) is 38.6 Å². The Morgan fingerprint density at radius 2 is 2.30 bits per heavy atom. The Morgan fingerprint density at radius 1 is 1.40 bits per heavy atom. The first-order chi connectivity index (χ1) is 9.72. The van der Waals surface area contributed by atoms with Crippen LogP contribution in [0.5, 0.6) is 0 Å². The van der Waals surface area contributed by atoms with Crippen LogP contribution < -0.4 is 10.6 Å². The number of fused-ring (bicyclic) bond motifs is 1. The second kappa shape index (κ2) is 5.61. The third-order valence-electron chi connectivity index (χ3n) is 4.08. The van der Waals surface area contributed by atoms with Crippen molar-refractivity contribution >= 4 is 11.8 Å². The summed E-state index contributed by atoms with van der Waals surface area (Å²) >= 11 is 0. The van der Waals surface area contributed by atoms with Gasteiger partial charge in [0.05, 0.1) is 5.92 Å². The predicted octanol–water partition coefficient (Wildman–Crippen LogP) is 0.713. The minimum Gasteiger partial charge on any atom is -0.355 e. The number of amides is 2. The number of carbonyl (C=O) groups excluding carboxylic acids is 2. The average molecular weight is 273 g/mol. The van der Waals surface area contributed by atoms with Gasteiger partial charge in [0.1, 0.15) is 0 Å². The van der Waals surface area contributed by atoms with Gasteiger partial charge in [-0.05, 0) is 36.8 Å². The van der Waals surface area contributed by atoms with Crippen molar-refractivity contribution in [2.24, 2.45) is 5.92 Å². The van der Waals surface area contributed by atoms with Crippen LogP contribution in [0.1, 0.15) is 36.1 Å². The zero-order valence-corrected chi connectivity index (χ0v) is 11.4. The lowest BCUT2D eigenvalue weighted by Gasteiger charge is -2.21. The summed E-state index contributed by atoms with van der Waals surface area (Å²) in [6.45, 7) is 0.969. The van der Waals surface area contributed by atoms with Crippen molar-refractivity contribution in [1.82, 2.24) is 15.6 Å². The summed E-state index contributed by atoms with van der Waals surface area (Å²) < 4.78 is 0. The normalized spacial score (nSPS) is 21.2. The van der Waals surface area contributed by atoms with Crippen LogP contribution in [0.15, 0.2) is 12.3 Å². The van der Waals surface area contributed by atoms with Crippen LogP contribution >= 0.6 is 0 Å². The van der Waals surface area contributed by atoms with E-state index in [1.165, 1.54) is 17.7 Å². The van der Waals surface area contributed by atoms with Gasteiger partial charge in [0.15, 0.2) is 0 Å². The number of nitrogens with zero attached hydrogens (tertiary/aromatic N) is 1. The van der Waals surface area contributed by atoms with Crippen LogP contribution in [0, 0.1) is 5.92 Å². The lowest BCUT2D eigenvalue weighted by molar-refractivity contribution is -0.129. The largest absolute Gasteiger partial charge is 0.355 e. The van der Waals surface area contributed by atoms with E-state index < -0.39 is 0 Å². The Balaban J connectivity index is 1.54. The highest BCUT2D eigenvalue weighted by Gasteiger charge is 2.24. The maximum absolute atomic E-state index is 12.0. The molecule has 5 nitrogen and oxygen atoms in total. The van der Waals surface area contributed by atoms with Gasteiger partial charge in [0.25, 0.3) is 0 Å². The number of carbonyl (C=O) groups is 2. The molecule has 1 aliphatic heterocycles. The molecule has 3 rings (SSSR count). The Morgan fingerprint density at radius 3 is 3.10 bits per heavy atom. The van der Waals surface area contributed by atoms with E-state index in [0.717, 1.165) is 18.4 Å². The minimum atomic E-state index is -0.102. The SMILES string of the molecule is O=C1CCC(C(=O)NCc2cnc3c(c2)CCC3)CN1. The Bertz CT molecular complexity index is 532. The van der Waals surface area contributed by atoms with Crippen molar-refractivity contribution in [3.05, 3.63) is 29.1 Å². The van der Waals surface area contributed by atoms with Gasteiger partial charge in [-0.1, -0.05) is 6.07 Å². The molecular formula is C15H19N3O2. The van der Waals surface area contributed by atoms with Crippen LogP contribution in [-0.4, -0.2) is 23.3 Å². The molecule has 2 aliphatic rings. The first kappa shape index (κ1) is 13.1. The summed E-state index contributed by atoms with van der Waals surface area (Å²) in [4.78, 5) is 27.5. The van der Waals surface area contributed by atoms with Gasteiger partial charge in [-0.25, -0.2) is 0 Å². The summed E-state index contributed by atoms with van der Waals surface area (Å²) in [6, 6.07) is 2.15. The average Bonchev–Trinajstić information content (AvgIpc) is 2.93. The molecule has 0 saturated carbocycles. The monoisotopic (exact) mass is 273 g/mol. The predicted molar refractivity (Wildman–Crippen MR) is 73.8 cm³/mol. The summed E-state index contributed by atoms with van der Waals surface area (Å²) in [6.07, 6.45) is 6.29. The molecule has 106 valence electrons. The Hall–Kier alpha value is -1.91. The number of piperidine rings is 1. The molecule has 2 amide bonds. The van der Waals surface area contributed by atoms with Gasteiger partial charge in [-0.3, -0.25) is 14.6 Å². The van der Waals surface area contributed by atoms with Crippen molar-refractivity contribution in [2.75, 3.05) is 6.54 Å². The van der Waals surface area contributed by atoms with Gasteiger partial charge >= 0.3 is 0 Å². The highest BCUT2D eigenvalue weighted by Crippen LogP contribution is 2.20. The molecule has 0 bridgehead atoms. The number of pyridine rings is 1. The van der Waals surface area contributed by atoms with E-state index in [1.54, 1.807) is 0 Å². The molecule has 2 N–H and O–H groups in total. The maximum atomic E-state index is 12.0. The zero-order chi connectivity index (χ0) is 13.9. The van der Waals surface area contributed by atoms with E-state index in [1.807, 2.05) is 6.20 Å². The lowest BCUT2D eigenvalue weighted by atomic mass is 9.98. The molecule has 1 saturated heterocycles. The number of aromatic nitrogens is 1. The number of hydrogen-bond acceptors (Lipinski definition) is 3. The van der Waals surface area contributed by atoms with E-state index in [0.29, 0.717) is 25.9 Å². The van der Waals surface area contributed by atoms with E-state index in [4.69, 9.17) is 0 Å². The van der Waals surface area contributed by atoms with Gasteiger partial charge in [0, 0.05) is 31.4 Å². The molecule has 2 heterocycles. The molecule has 1 aromatic rings. The van der Waals surface area contributed by atoms with E-state index >= 15 is 0 Å². The quantitative estimate of drug-likeness (QED) is 0.852. The fraction of sp³-hybridized carbons (Fsp3) is 0.533. The molecule has 0 spiro atoms. The second-order valence-corrected chi connectivity index (χ2v) is 5.56. The molecule has 0 radical (unpaired) electrons. The number of aryl methyl sites for hydroxylation is 2. The Kier molecular flexibility index (Phi) is 3.67. The number of hydrogen-bond donors (Lipinski definition) is 2. The van der Waals surface area contributed by atoms with Crippen molar-refractivity contribution < 1.29 is 9.59 Å². The van der Waals surface area contributed by atoms with Gasteiger partial charge < -0.3 is 10.6 Å². The molecule has 20 heavy (non-hydrogen) atoms. The molecule has 1 aromatic heterocycles. The van der Waals surface area contributed by atoms with Crippen molar-refractivity contribution in [1.29, 1.82) is 0 Å². The third kappa shape index (κ3) is 2.81. The topological polar surface area (TPSA) is 71.1 Å². The van der Waals surface area contributed by atoms with Crippen molar-refractivity contribution in [3.8, 4) is 0 Å². The molecular weight excluding hydrogens is 254 g/mol. The summed E-state index contributed by atoms with van der Waals surface area (Å²) in [5.41, 5.74) is 3.58. The van der Waals surface area contributed by atoms with Crippen LogP contribution in [0.3, 0.4) is 0 Å². The van der Waals surface area contributed by atoms with Crippen LogP contribution in [-0.2, 0) is 29.0 Å². The fourth-order valence-corrected chi connectivity index (χ4v) is 2.86. The molecule has 1 fully saturated rings. The van der Waals surface area contributed by atoms with Crippen LogP contribution in [0.25, 0.3) is 0 Å². The Labute approximate surface area is 118 Å². The standard InChI is InChI=1S/C15H19N3O2/c19-14-5-4-12(9-17-14)15(20)18-8-10-6-11-2-1-3-13(11)16-7-10/h6-7,12H,1-5,8-9H2,(H,17,19)(H,18,20). The summed E-state index contributed by atoms with van der Waals surface area (Å²) in [5, 5.41) is 5.68. The summed E-state index contributed by atoms with van der Waals surface area (Å²) in [5.74, 6) is -0.0440. The lowest BCUT2D eigenvalue weighted by Crippen LogP contribution is -2.42. The van der Waals surface area contributed by atoms with Crippen LogP contribution in [0.2, 0.25) is 0 Å². The second-order valence-electron chi connectivity index (χ2n) is 5.56. The summed E-state index contributed by atoms with van der Waals surface area (Å²) in [7, 11) is 0. The molecule has 0 aromatic carbocycles.